The van der Waals surface area contributed by atoms with Crippen LogP contribution in [-0.2, 0) is 4.79 Å². The highest BCUT2D eigenvalue weighted by atomic mass is 32.1. The molecule has 108 valence electrons. The van der Waals surface area contributed by atoms with Gasteiger partial charge >= 0.3 is 5.97 Å². The number of aromatic carboxylic acids is 1. The van der Waals surface area contributed by atoms with E-state index >= 15 is 0 Å². The van der Waals surface area contributed by atoms with Crippen molar-refractivity contribution < 1.29 is 19.4 Å². The number of hydrogen-bond acceptors (Lipinski definition) is 4. The zero-order valence-electron chi connectivity index (χ0n) is 11.2. The van der Waals surface area contributed by atoms with Crippen molar-refractivity contribution in [2.45, 2.75) is 0 Å². The van der Waals surface area contributed by atoms with Gasteiger partial charge in [0.15, 0.2) is 0 Å². The molecule has 1 aromatic heterocycles. The summed E-state index contributed by atoms with van der Waals surface area (Å²) in [6.45, 7) is 0. The van der Waals surface area contributed by atoms with Gasteiger partial charge in [-0.2, -0.15) is 0 Å². The molecule has 2 rings (SSSR count). The molecule has 5 nitrogen and oxygen atoms in total. The highest BCUT2D eigenvalue weighted by molar-refractivity contribution is 7.18. The number of methoxy groups -OCH3 is 1. The molecule has 0 aliphatic heterocycles. The molecule has 0 aliphatic rings. The summed E-state index contributed by atoms with van der Waals surface area (Å²) in [5.74, 6) is -0.574. The maximum absolute atomic E-state index is 11.7. The summed E-state index contributed by atoms with van der Waals surface area (Å²) in [6.07, 6.45) is 3.06. The van der Waals surface area contributed by atoms with Gasteiger partial charge in [-0.3, -0.25) is 4.79 Å². The molecule has 0 aliphatic carbocycles. The molecule has 6 heteroatoms. The summed E-state index contributed by atoms with van der Waals surface area (Å²) in [5, 5.41) is 11.9. The Morgan fingerprint density at radius 3 is 2.48 bits per heavy atom. The predicted octanol–water partition coefficient (Wildman–Crippen LogP) is 3.11. The molecule has 0 saturated carbocycles. The van der Waals surface area contributed by atoms with E-state index in [-0.39, 0.29) is 10.8 Å². The maximum atomic E-state index is 11.7. The van der Waals surface area contributed by atoms with Crippen LogP contribution in [0.2, 0.25) is 0 Å². The Kier molecular flexibility index (Phi) is 4.73. The molecule has 0 radical (unpaired) electrons. The van der Waals surface area contributed by atoms with E-state index in [9.17, 15) is 9.59 Å². The van der Waals surface area contributed by atoms with Crippen LogP contribution in [0.1, 0.15) is 15.2 Å². The average molecular weight is 303 g/mol. The lowest BCUT2D eigenvalue weighted by Crippen LogP contribution is -2.06. The van der Waals surface area contributed by atoms with Gasteiger partial charge in [-0.05, 0) is 35.9 Å². The lowest BCUT2D eigenvalue weighted by molar-refractivity contribution is -0.111. The number of hydrogen-bond donors (Lipinski definition) is 2. The molecule has 1 heterocycles. The minimum Gasteiger partial charge on any atom is -0.497 e. The predicted molar refractivity (Wildman–Crippen MR) is 81.9 cm³/mol. The molecule has 0 atom stereocenters. The second-order valence-corrected chi connectivity index (χ2v) is 5.15. The molecule has 0 saturated heterocycles. The standard InChI is InChI=1S/C15H13NO4S/c1-20-11-5-2-10(3-6-11)4-8-13(17)16-14-9-7-12(21-14)15(18)19/h2-9H,1H3,(H,16,17)(H,18,19)/b8-4+. The number of carboxylic acid groups (broad SMARTS) is 1. The molecular formula is C15H13NO4S. The van der Waals surface area contributed by atoms with Gasteiger partial charge in [0.25, 0.3) is 0 Å². The molecule has 0 unspecified atom stereocenters. The molecule has 1 aromatic carbocycles. The molecule has 1 amide bonds. The van der Waals surface area contributed by atoms with Gasteiger partial charge in [0, 0.05) is 6.08 Å². The number of thiophene rings is 1. The highest BCUT2D eigenvalue weighted by Gasteiger charge is 2.07. The van der Waals surface area contributed by atoms with Gasteiger partial charge < -0.3 is 15.2 Å². The van der Waals surface area contributed by atoms with Crippen molar-refractivity contribution >= 4 is 34.3 Å². The van der Waals surface area contributed by atoms with Gasteiger partial charge in [0.2, 0.25) is 5.91 Å². The minimum atomic E-state index is -1.01. The maximum Gasteiger partial charge on any atom is 0.345 e. The first-order valence-electron chi connectivity index (χ1n) is 6.05. The fourth-order valence-electron chi connectivity index (χ4n) is 1.57. The number of benzene rings is 1. The third-order valence-corrected chi connectivity index (χ3v) is 3.59. The molecule has 2 N–H and O–H groups in total. The molecule has 21 heavy (non-hydrogen) atoms. The van der Waals surface area contributed by atoms with Gasteiger partial charge in [-0.15, -0.1) is 11.3 Å². The van der Waals surface area contributed by atoms with Crippen LogP contribution in [0.4, 0.5) is 5.00 Å². The van der Waals surface area contributed by atoms with E-state index in [0.29, 0.717) is 5.00 Å². The Hall–Kier alpha value is -2.60. The van der Waals surface area contributed by atoms with Crippen LogP contribution >= 0.6 is 11.3 Å². The summed E-state index contributed by atoms with van der Waals surface area (Å²) in [6, 6.07) is 10.3. The Morgan fingerprint density at radius 1 is 1.19 bits per heavy atom. The van der Waals surface area contributed by atoms with Crippen LogP contribution in [0.15, 0.2) is 42.5 Å². The summed E-state index contributed by atoms with van der Waals surface area (Å²) >= 11 is 1.01. The van der Waals surface area contributed by atoms with E-state index in [1.807, 2.05) is 12.1 Å². The third-order valence-electron chi connectivity index (χ3n) is 2.61. The lowest BCUT2D eigenvalue weighted by atomic mass is 10.2. The first-order valence-corrected chi connectivity index (χ1v) is 6.86. The first-order chi connectivity index (χ1) is 10.1. The number of nitrogens with one attached hydrogen (secondary N) is 1. The van der Waals surface area contributed by atoms with E-state index in [2.05, 4.69) is 5.32 Å². The molecule has 0 fully saturated rings. The molecular weight excluding hydrogens is 290 g/mol. The number of ether oxygens (including phenoxy) is 1. The Bertz CT molecular complexity index is 673. The van der Waals surface area contributed by atoms with Crippen molar-refractivity contribution in [3.8, 4) is 5.75 Å². The summed E-state index contributed by atoms with van der Waals surface area (Å²) in [7, 11) is 1.59. The lowest BCUT2D eigenvalue weighted by Gasteiger charge is -1.99. The number of carbonyl (C=O) groups is 2. The quantitative estimate of drug-likeness (QED) is 0.832. The molecule has 0 spiro atoms. The zero-order valence-corrected chi connectivity index (χ0v) is 12.0. The Labute approximate surface area is 125 Å². The van der Waals surface area contributed by atoms with E-state index in [1.54, 1.807) is 31.4 Å². The first kappa shape index (κ1) is 14.8. The Morgan fingerprint density at radius 2 is 1.90 bits per heavy atom. The fraction of sp³-hybridized carbons (Fsp3) is 0.0667. The van der Waals surface area contributed by atoms with Crippen LogP contribution in [0.3, 0.4) is 0 Å². The summed E-state index contributed by atoms with van der Waals surface area (Å²) < 4.78 is 5.05. The van der Waals surface area contributed by atoms with Crippen LogP contribution in [0.25, 0.3) is 6.08 Å². The van der Waals surface area contributed by atoms with Crippen molar-refractivity contribution in [2.75, 3.05) is 12.4 Å². The number of anilines is 1. The van der Waals surface area contributed by atoms with Crippen LogP contribution in [0.5, 0.6) is 5.75 Å². The average Bonchev–Trinajstić information content (AvgIpc) is 2.94. The summed E-state index contributed by atoms with van der Waals surface area (Å²) in [5.41, 5.74) is 0.864. The van der Waals surface area contributed by atoms with Gasteiger partial charge in [0.05, 0.1) is 12.1 Å². The fourth-order valence-corrected chi connectivity index (χ4v) is 2.32. The number of carbonyl (C=O) groups excluding carboxylic acids is 1. The number of amides is 1. The monoisotopic (exact) mass is 303 g/mol. The molecule has 2 aromatic rings. The van der Waals surface area contributed by atoms with Gasteiger partial charge in [0.1, 0.15) is 10.6 Å². The minimum absolute atomic E-state index is 0.185. The summed E-state index contributed by atoms with van der Waals surface area (Å²) in [4.78, 5) is 22.6. The number of rotatable bonds is 5. The molecule has 0 bridgehead atoms. The normalized spacial score (nSPS) is 10.5. The number of carboxylic acids is 1. The van der Waals surface area contributed by atoms with Crippen molar-refractivity contribution in [3.63, 3.8) is 0 Å². The Balaban J connectivity index is 1.96. The second-order valence-electron chi connectivity index (χ2n) is 4.06. The van der Waals surface area contributed by atoms with E-state index in [0.717, 1.165) is 22.6 Å². The van der Waals surface area contributed by atoms with E-state index in [1.165, 1.54) is 12.1 Å². The topological polar surface area (TPSA) is 75.6 Å². The van der Waals surface area contributed by atoms with Crippen molar-refractivity contribution in [1.29, 1.82) is 0 Å². The smallest absolute Gasteiger partial charge is 0.345 e. The van der Waals surface area contributed by atoms with Crippen molar-refractivity contribution in [2.24, 2.45) is 0 Å². The highest BCUT2D eigenvalue weighted by Crippen LogP contribution is 2.21. The van der Waals surface area contributed by atoms with Crippen LogP contribution in [-0.4, -0.2) is 24.1 Å². The van der Waals surface area contributed by atoms with Crippen LogP contribution < -0.4 is 10.1 Å². The zero-order chi connectivity index (χ0) is 15.2. The van der Waals surface area contributed by atoms with E-state index < -0.39 is 5.97 Å². The second kappa shape index (κ2) is 6.71. The van der Waals surface area contributed by atoms with Crippen molar-refractivity contribution in [3.05, 3.63) is 52.9 Å². The van der Waals surface area contributed by atoms with E-state index in [4.69, 9.17) is 9.84 Å². The van der Waals surface area contributed by atoms with Gasteiger partial charge in [-0.1, -0.05) is 12.1 Å². The third kappa shape index (κ3) is 4.19. The van der Waals surface area contributed by atoms with Gasteiger partial charge in [-0.25, -0.2) is 4.79 Å². The largest absolute Gasteiger partial charge is 0.497 e. The van der Waals surface area contributed by atoms with Crippen molar-refractivity contribution in [1.82, 2.24) is 0 Å². The van der Waals surface area contributed by atoms with Crippen LogP contribution in [0, 0.1) is 0 Å². The SMILES string of the molecule is COc1ccc(/C=C/C(=O)Nc2ccc(C(=O)O)s2)cc1.